The molecule has 1 aromatic rings. The zero-order chi connectivity index (χ0) is 11.3. The van der Waals surface area contributed by atoms with Crippen LogP contribution >= 0.6 is 23.4 Å². The number of hydrogen-bond acceptors (Lipinski definition) is 3. The molecule has 82 valence electrons. The summed E-state index contributed by atoms with van der Waals surface area (Å²) in [6.07, 6.45) is 0.859. The van der Waals surface area contributed by atoms with Gasteiger partial charge in [0.15, 0.2) is 0 Å². The van der Waals surface area contributed by atoms with E-state index in [9.17, 15) is 10.1 Å². The van der Waals surface area contributed by atoms with Crippen LogP contribution in [-0.2, 0) is 0 Å². The topological polar surface area (TPSA) is 43.1 Å². The van der Waals surface area contributed by atoms with Gasteiger partial charge in [0.1, 0.15) is 0 Å². The first kappa shape index (κ1) is 12.3. The maximum Gasteiger partial charge on any atom is 0.283 e. The summed E-state index contributed by atoms with van der Waals surface area (Å²) in [4.78, 5) is 11.2. The molecule has 3 nitrogen and oxygen atoms in total. The molecule has 5 heteroatoms. The first-order valence-electron chi connectivity index (χ1n) is 4.59. The van der Waals surface area contributed by atoms with Crippen molar-refractivity contribution in [3.8, 4) is 0 Å². The standard InChI is InChI=1S/C10H12ClNO2S/c1-8-4-2-5-9(12(13)14)10(8)15-7-3-6-11/h2,4-5H,3,6-7H2,1H3. The highest BCUT2D eigenvalue weighted by atomic mass is 35.5. The maximum absolute atomic E-state index is 10.8. The predicted molar refractivity (Wildman–Crippen MR) is 63.9 cm³/mol. The number of alkyl halides is 1. The molecule has 1 rings (SSSR count). The second kappa shape index (κ2) is 5.98. The van der Waals surface area contributed by atoms with Gasteiger partial charge < -0.3 is 0 Å². The van der Waals surface area contributed by atoms with Gasteiger partial charge in [0.05, 0.1) is 9.82 Å². The molecule has 0 saturated heterocycles. The Morgan fingerprint density at radius 2 is 2.27 bits per heavy atom. The lowest BCUT2D eigenvalue weighted by Crippen LogP contribution is -1.93. The Morgan fingerprint density at radius 3 is 2.87 bits per heavy atom. The fraction of sp³-hybridized carbons (Fsp3) is 0.400. The van der Waals surface area contributed by atoms with Crippen molar-refractivity contribution >= 4 is 29.1 Å². The summed E-state index contributed by atoms with van der Waals surface area (Å²) < 4.78 is 0. The van der Waals surface area contributed by atoms with E-state index in [4.69, 9.17) is 11.6 Å². The molecule has 0 atom stereocenters. The van der Waals surface area contributed by atoms with Gasteiger partial charge in [0.2, 0.25) is 0 Å². The van der Waals surface area contributed by atoms with Crippen LogP contribution in [0.4, 0.5) is 5.69 Å². The van der Waals surface area contributed by atoms with Crippen molar-refractivity contribution in [1.29, 1.82) is 0 Å². The van der Waals surface area contributed by atoms with Crippen molar-refractivity contribution in [2.75, 3.05) is 11.6 Å². The largest absolute Gasteiger partial charge is 0.283 e. The van der Waals surface area contributed by atoms with Gasteiger partial charge in [-0.1, -0.05) is 12.1 Å². The second-order valence-corrected chi connectivity index (χ2v) is 4.55. The van der Waals surface area contributed by atoms with Crippen molar-refractivity contribution in [3.05, 3.63) is 33.9 Å². The van der Waals surface area contributed by atoms with Crippen molar-refractivity contribution in [2.24, 2.45) is 0 Å². The van der Waals surface area contributed by atoms with E-state index in [-0.39, 0.29) is 10.6 Å². The SMILES string of the molecule is Cc1cccc([N+](=O)[O-])c1SCCCCl. The monoisotopic (exact) mass is 245 g/mol. The highest BCUT2D eigenvalue weighted by Crippen LogP contribution is 2.32. The molecule has 0 amide bonds. The highest BCUT2D eigenvalue weighted by molar-refractivity contribution is 7.99. The quantitative estimate of drug-likeness (QED) is 0.262. The summed E-state index contributed by atoms with van der Waals surface area (Å²) in [7, 11) is 0. The van der Waals surface area contributed by atoms with Gasteiger partial charge in [-0.3, -0.25) is 10.1 Å². The number of nitro benzene ring substituents is 1. The van der Waals surface area contributed by atoms with Crippen LogP contribution in [-0.4, -0.2) is 16.6 Å². The number of benzene rings is 1. The van der Waals surface area contributed by atoms with Crippen LogP contribution < -0.4 is 0 Å². The molecule has 0 fully saturated rings. The van der Waals surface area contributed by atoms with Gasteiger partial charge in [-0.05, 0) is 24.7 Å². The molecule has 0 radical (unpaired) electrons. The highest BCUT2D eigenvalue weighted by Gasteiger charge is 2.15. The molecule has 0 heterocycles. The minimum Gasteiger partial charge on any atom is -0.258 e. The Kier molecular flexibility index (Phi) is 4.91. The summed E-state index contributed by atoms with van der Waals surface area (Å²) in [5, 5.41) is 10.8. The zero-order valence-electron chi connectivity index (χ0n) is 8.40. The van der Waals surface area contributed by atoms with E-state index < -0.39 is 0 Å². The van der Waals surface area contributed by atoms with E-state index in [0.717, 1.165) is 22.6 Å². The normalized spacial score (nSPS) is 10.3. The minimum atomic E-state index is -0.337. The molecule has 0 N–H and O–H groups in total. The molecule has 0 unspecified atom stereocenters. The van der Waals surface area contributed by atoms with Crippen molar-refractivity contribution < 1.29 is 4.92 Å². The summed E-state index contributed by atoms with van der Waals surface area (Å²) in [5.74, 6) is 1.40. The van der Waals surface area contributed by atoms with E-state index >= 15 is 0 Å². The number of aryl methyl sites for hydroxylation is 1. The Hall–Kier alpha value is -0.740. The van der Waals surface area contributed by atoms with Gasteiger partial charge in [-0.25, -0.2) is 0 Å². The van der Waals surface area contributed by atoms with Crippen molar-refractivity contribution in [2.45, 2.75) is 18.2 Å². The third kappa shape index (κ3) is 3.39. The molecule has 0 saturated carbocycles. The Balaban J connectivity index is 2.87. The molecule has 0 aliphatic carbocycles. The van der Waals surface area contributed by atoms with Crippen LogP contribution in [0, 0.1) is 17.0 Å². The van der Waals surface area contributed by atoms with Gasteiger partial charge >= 0.3 is 0 Å². The predicted octanol–water partition coefficient (Wildman–Crippen LogP) is 3.62. The van der Waals surface area contributed by atoms with E-state index in [1.807, 2.05) is 13.0 Å². The molecule has 0 aromatic heterocycles. The minimum absolute atomic E-state index is 0.189. The Morgan fingerprint density at radius 1 is 1.53 bits per heavy atom. The van der Waals surface area contributed by atoms with E-state index in [0.29, 0.717) is 5.88 Å². The van der Waals surface area contributed by atoms with E-state index in [1.165, 1.54) is 17.8 Å². The number of thioether (sulfide) groups is 1. The van der Waals surface area contributed by atoms with Gasteiger partial charge in [-0.2, -0.15) is 0 Å². The Labute approximate surface area is 98.0 Å². The lowest BCUT2D eigenvalue weighted by Gasteiger charge is -2.05. The average Bonchev–Trinajstić information content (AvgIpc) is 2.20. The van der Waals surface area contributed by atoms with Crippen LogP contribution in [0.5, 0.6) is 0 Å². The molecule has 0 aliphatic rings. The summed E-state index contributed by atoms with van der Waals surface area (Å²) in [6.45, 7) is 1.88. The summed E-state index contributed by atoms with van der Waals surface area (Å²) in [6, 6.07) is 5.13. The number of hydrogen-bond donors (Lipinski definition) is 0. The van der Waals surface area contributed by atoms with E-state index in [2.05, 4.69) is 0 Å². The van der Waals surface area contributed by atoms with Crippen molar-refractivity contribution in [3.63, 3.8) is 0 Å². The third-order valence-corrected chi connectivity index (χ3v) is 3.49. The first-order valence-corrected chi connectivity index (χ1v) is 6.11. The van der Waals surface area contributed by atoms with Gasteiger partial charge in [-0.15, -0.1) is 23.4 Å². The fourth-order valence-corrected chi connectivity index (χ4v) is 2.57. The number of nitrogens with zero attached hydrogens (tertiary/aromatic N) is 1. The number of halogens is 1. The molecular weight excluding hydrogens is 234 g/mol. The van der Waals surface area contributed by atoms with Crippen LogP contribution in [0.1, 0.15) is 12.0 Å². The molecule has 0 aliphatic heterocycles. The smallest absolute Gasteiger partial charge is 0.258 e. The van der Waals surface area contributed by atoms with Crippen LogP contribution in [0.3, 0.4) is 0 Å². The van der Waals surface area contributed by atoms with Gasteiger partial charge in [0, 0.05) is 11.9 Å². The average molecular weight is 246 g/mol. The lowest BCUT2D eigenvalue weighted by molar-refractivity contribution is -0.387. The molecule has 0 bridgehead atoms. The van der Waals surface area contributed by atoms with Gasteiger partial charge in [0.25, 0.3) is 5.69 Å². The first-order chi connectivity index (χ1) is 7.16. The van der Waals surface area contributed by atoms with Crippen LogP contribution in [0.15, 0.2) is 23.1 Å². The molecular formula is C10H12ClNO2S. The summed E-state index contributed by atoms with van der Waals surface area (Å²) in [5.41, 5.74) is 1.14. The number of rotatable bonds is 5. The number of nitro groups is 1. The fourth-order valence-electron chi connectivity index (χ4n) is 1.20. The molecule has 0 spiro atoms. The van der Waals surface area contributed by atoms with Crippen LogP contribution in [0.2, 0.25) is 0 Å². The second-order valence-electron chi connectivity index (χ2n) is 3.07. The zero-order valence-corrected chi connectivity index (χ0v) is 9.98. The van der Waals surface area contributed by atoms with Crippen molar-refractivity contribution in [1.82, 2.24) is 0 Å². The molecule has 15 heavy (non-hydrogen) atoms. The van der Waals surface area contributed by atoms with E-state index in [1.54, 1.807) is 6.07 Å². The summed E-state index contributed by atoms with van der Waals surface area (Å²) >= 11 is 7.06. The Bertz CT molecular complexity index is 357. The molecule has 1 aromatic carbocycles. The third-order valence-electron chi connectivity index (χ3n) is 1.91. The lowest BCUT2D eigenvalue weighted by atomic mass is 10.2. The maximum atomic E-state index is 10.8. The van der Waals surface area contributed by atoms with Crippen LogP contribution in [0.25, 0.3) is 0 Å².